The van der Waals surface area contributed by atoms with Crippen LogP contribution in [0.25, 0.3) is 0 Å². The van der Waals surface area contributed by atoms with Crippen molar-refractivity contribution in [3.8, 4) is 0 Å². The molecule has 2 amide bonds. The van der Waals surface area contributed by atoms with Gasteiger partial charge in [-0.25, -0.2) is 4.98 Å². The minimum absolute atomic E-state index is 0.158. The fourth-order valence-electron chi connectivity index (χ4n) is 1.06. The van der Waals surface area contributed by atoms with E-state index in [1.165, 1.54) is 29.3 Å². The van der Waals surface area contributed by atoms with Crippen LogP contribution in [0.2, 0.25) is 0 Å². The first kappa shape index (κ1) is 14.4. The number of amides is 2. The number of aromatic nitrogens is 1. The number of hydrogen-bond donors (Lipinski definition) is 1. The van der Waals surface area contributed by atoms with Crippen LogP contribution in [-0.4, -0.2) is 48.0 Å². The summed E-state index contributed by atoms with van der Waals surface area (Å²) in [5, 5.41) is 3.17. The molecule has 0 bridgehead atoms. The molecule has 0 aromatic carbocycles. The van der Waals surface area contributed by atoms with Crippen LogP contribution in [-0.2, 0) is 4.79 Å². The van der Waals surface area contributed by atoms with Crippen LogP contribution in [0.3, 0.4) is 0 Å². The van der Waals surface area contributed by atoms with Crippen molar-refractivity contribution in [3.63, 3.8) is 0 Å². The zero-order valence-electron chi connectivity index (χ0n) is 9.32. The van der Waals surface area contributed by atoms with E-state index in [1.54, 1.807) is 5.32 Å². The van der Waals surface area contributed by atoms with Gasteiger partial charge in [0.2, 0.25) is 5.91 Å². The summed E-state index contributed by atoms with van der Waals surface area (Å²) in [5.74, 6) is -1.39. The second-order valence-corrected chi connectivity index (χ2v) is 4.15. The maximum Gasteiger partial charge on any atom is 0.405 e. The van der Waals surface area contributed by atoms with Crippen LogP contribution >= 0.6 is 11.3 Å². The number of carbonyl (C=O) groups excluding carboxylic acids is 2. The number of hydrogen-bond acceptors (Lipinski definition) is 4. The maximum absolute atomic E-state index is 11.8. The molecule has 100 valence electrons. The highest BCUT2D eigenvalue weighted by Gasteiger charge is 2.28. The van der Waals surface area contributed by atoms with Gasteiger partial charge >= 0.3 is 6.18 Å². The van der Waals surface area contributed by atoms with Gasteiger partial charge in [-0.15, -0.1) is 11.3 Å². The Morgan fingerprint density at radius 2 is 2.17 bits per heavy atom. The fourth-order valence-corrected chi connectivity index (χ4v) is 1.58. The number of halogens is 3. The van der Waals surface area contributed by atoms with Crippen LogP contribution in [0.15, 0.2) is 10.9 Å². The lowest BCUT2D eigenvalue weighted by Crippen LogP contribution is -2.41. The first-order valence-corrected chi connectivity index (χ1v) is 5.71. The third kappa shape index (κ3) is 4.70. The predicted octanol–water partition coefficient (Wildman–Crippen LogP) is 0.894. The van der Waals surface area contributed by atoms with E-state index in [4.69, 9.17) is 0 Å². The Kier molecular flexibility index (Phi) is 4.65. The molecule has 0 aliphatic carbocycles. The second-order valence-electron chi connectivity index (χ2n) is 3.43. The van der Waals surface area contributed by atoms with Crippen LogP contribution in [0.4, 0.5) is 13.2 Å². The summed E-state index contributed by atoms with van der Waals surface area (Å²) in [6, 6.07) is 0. The van der Waals surface area contributed by atoms with E-state index in [1.807, 2.05) is 0 Å². The molecule has 1 heterocycles. The smallest absolute Gasteiger partial charge is 0.345 e. The molecule has 0 spiro atoms. The first-order valence-electron chi connectivity index (χ1n) is 4.76. The van der Waals surface area contributed by atoms with Crippen molar-refractivity contribution >= 4 is 23.2 Å². The second kappa shape index (κ2) is 5.80. The van der Waals surface area contributed by atoms with Gasteiger partial charge in [-0.1, -0.05) is 0 Å². The Morgan fingerprint density at radius 1 is 1.50 bits per heavy atom. The lowest BCUT2D eigenvalue weighted by Gasteiger charge is -2.16. The van der Waals surface area contributed by atoms with Crippen molar-refractivity contribution in [2.45, 2.75) is 6.18 Å². The zero-order valence-corrected chi connectivity index (χ0v) is 10.1. The van der Waals surface area contributed by atoms with E-state index in [9.17, 15) is 22.8 Å². The largest absolute Gasteiger partial charge is 0.405 e. The van der Waals surface area contributed by atoms with E-state index in [-0.39, 0.29) is 5.69 Å². The maximum atomic E-state index is 11.8. The molecule has 5 nitrogen and oxygen atoms in total. The highest BCUT2D eigenvalue weighted by molar-refractivity contribution is 7.07. The van der Waals surface area contributed by atoms with Gasteiger partial charge in [0, 0.05) is 12.4 Å². The summed E-state index contributed by atoms with van der Waals surface area (Å²) in [7, 11) is 1.31. The minimum atomic E-state index is -4.47. The van der Waals surface area contributed by atoms with Gasteiger partial charge in [0.05, 0.1) is 12.1 Å². The molecule has 18 heavy (non-hydrogen) atoms. The monoisotopic (exact) mass is 281 g/mol. The lowest BCUT2D eigenvalue weighted by molar-refractivity contribution is -0.138. The Labute approximate surface area is 105 Å². The van der Waals surface area contributed by atoms with Gasteiger partial charge < -0.3 is 10.2 Å². The molecule has 0 aliphatic rings. The third-order valence-electron chi connectivity index (χ3n) is 1.86. The number of alkyl halides is 3. The molecule has 1 rings (SSSR count). The predicted molar refractivity (Wildman–Crippen MR) is 58.1 cm³/mol. The van der Waals surface area contributed by atoms with Gasteiger partial charge in [-0.3, -0.25) is 9.59 Å². The van der Waals surface area contributed by atoms with Crippen molar-refractivity contribution in [2.75, 3.05) is 20.1 Å². The first-order chi connectivity index (χ1) is 8.29. The van der Waals surface area contributed by atoms with E-state index in [0.717, 1.165) is 4.90 Å². The highest BCUT2D eigenvalue weighted by atomic mass is 32.1. The van der Waals surface area contributed by atoms with Gasteiger partial charge in [0.1, 0.15) is 12.2 Å². The minimum Gasteiger partial charge on any atom is -0.345 e. The lowest BCUT2D eigenvalue weighted by atomic mass is 10.4. The quantitative estimate of drug-likeness (QED) is 0.891. The number of likely N-dealkylation sites (N-methyl/N-ethyl adjacent to an activating group) is 1. The highest BCUT2D eigenvalue weighted by Crippen LogP contribution is 2.12. The molecular formula is C9H10F3N3O2S. The molecule has 0 fully saturated rings. The Balaban J connectivity index is 2.43. The standard InChI is InChI=1S/C9H10F3N3O2S/c1-15(8(17)6-3-18-5-14-6)2-7(16)13-4-9(10,11)12/h3,5H,2,4H2,1H3,(H,13,16). The molecule has 0 radical (unpaired) electrons. The molecule has 0 saturated heterocycles. The summed E-state index contributed by atoms with van der Waals surface area (Å²) in [6.07, 6.45) is -4.47. The third-order valence-corrected chi connectivity index (χ3v) is 2.45. The number of nitrogens with zero attached hydrogens (tertiary/aromatic N) is 2. The average Bonchev–Trinajstić information content (AvgIpc) is 2.77. The van der Waals surface area contributed by atoms with Gasteiger partial charge in [-0.2, -0.15) is 13.2 Å². The van der Waals surface area contributed by atoms with Crippen molar-refractivity contribution < 1.29 is 22.8 Å². The molecule has 0 aliphatic heterocycles. The summed E-state index contributed by atoms with van der Waals surface area (Å²) in [5.41, 5.74) is 1.61. The molecular weight excluding hydrogens is 271 g/mol. The number of thiazole rings is 1. The molecule has 0 atom stereocenters. The summed E-state index contributed by atoms with van der Waals surface area (Å²) < 4.78 is 35.5. The molecule has 9 heteroatoms. The Morgan fingerprint density at radius 3 is 2.67 bits per heavy atom. The fraction of sp³-hybridized carbons (Fsp3) is 0.444. The van der Waals surface area contributed by atoms with Gasteiger partial charge in [0.25, 0.3) is 5.91 Å². The molecule has 0 unspecified atom stereocenters. The van der Waals surface area contributed by atoms with Gasteiger partial charge in [-0.05, 0) is 0 Å². The summed E-state index contributed by atoms with van der Waals surface area (Å²) in [6.45, 7) is -1.86. The van der Waals surface area contributed by atoms with Crippen molar-refractivity contribution in [2.24, 2.45) is 0 Å². The molecule has 1 aromatic rings. The summed E-state index contributed by atoms with van der Waals surface area (Å²) >= 11 is 1.21. The Bertz CT molecular complexity index is 419. The van der Waals surface area contributed by atoms with E-state index >= 15 is 0 Å². The van der Waals surface area contributed by atoms with Crippen molar-refractivity contribution in [3.05, 3.63) is 16.6 Å². The van der Waals surface area contributed by atoms with Crippen LogP contribution in [0.5, 0.6) is 0 Å². The topological polar surface area (TPSA) is 62.3 Å². The number of carbonyl (C=O) groups is 2. The SMILES string of the molecule is CN(CC(=O)NCC(F)(F)F)C(=O)c1cscn1. The van der Waals surface area contributed by atoms with E-state index in [2.05, 4.69) is 4.98 Å². The van der Waals surface area contributed by atoms with Crippen LogP contribution in [0, 0.1) is 0 Å². The van der Waals surface area contributed by atoms with Crippen molar-refractivity contribution in [1.29, 1.82) is 0 Å². The Hall–Kier alpha value is -1.64. The number of nitrogens with one attached hydrogen (secondary N) is 1. The molecule has 1 N–H and O–H groups in total. The molecule has 1 aromatic heterocycles. The van der Waals surface area contributed by atoms with Gasteiger partial charge in [0.15, 0.2) is 0 Å². The molecule has 0 saturated carbocycles. The summed E-state index contributed by atoms with van der Waals surface area (Å²) in [4.78, 5) is 27.5. The van der Waals surface area contributed by atoms with E-state index < -0.39 is 31.1 Å². The van der Waals surface area contributed by atoms with Crippen LogP contribution < -0.4 is 5.32 Å². The van der Waals surface area contributed by atoms with Crippen LogP contribution in [0.1, 0.15) is 10.5 Å². The van der Waals surface area contributed by atoms with E-state index in [0.29, 0.717) is 0 Å². The zero-order chi connectivity index (χ0) is 13.8. The normalized spacial score (nSPS) is 11.1. The average molecular weight is 281 g/mol. The van der Waals surface area contributed by atoms with Crippen molar-refractivity contribution in [1.82, 2.24) is 15.2 Å². The number of rotatable bonds is 4.